The third kappa shape index (κ3) is 5.42. The van der Waals surface area contributed by atoms with Crippen LogP contribution in [-0.4, -0.2) is 32.0 Å². The first-order valence-electron chi connectivity index (χ1n) is 8.20. The Labute approximate surface area is 177 Å². The van der Waals surface area contributed by atoms with Crippen LogP contribution in [0.1, 0.15) is 10.4 Å². The summed E-state index contributed by atoms with van der Waals surface area (Å²) in [6, 6.07) is 12.8. The first-order valence-corrected chi connectivity index (χ1v) is 9.97. The number of aromatic nitrogens is 2. The van der Waals surface area contributed by atoms with Gasteiger partial charge in [-0.15, -0.1) is 0 Å². The van der Waals surface area contributed by atoms with E-state index in [9.17, 15) is 19.7 Å². The number of nitrogens with zero attached hydrogens (tertiary/aromatic N) is 3. The molecule has 148 valence electrons. The van der Waals surface area contributed by atoms with Crippen molar-refractivity contribution in [3.05, 3.63) is 81.1 Å². The number of hydrazine groups is 1. The van der Waals surface area contributed by atoms with Gasteiger partial charge in [0.25, 0.3) is 11.6 Å². The van der Waals surface area contributed by atoms with Gasteiger partial charge >= 0.3 is 0 Å². The fourth-order valence-electron chi connectivity index (χ4n) is 2.32. The maximum Gasteiger partial charge on any atom is 0.270 e. The van der Waals surface area contributed by atoms with Crippen molar-refractivity contribution in [1.29, 1.82) is 0 Å². The van der Waals surface area contributed by atoms with Gasteiger partial charge < -0.3 is 0 Å². The second-order valence-electron chi connectivity index (χ2n) is 5.65. The smallest absolute Gasteiger partial charge is 0.270 e. The van der Waals surface area contributed by atoms with Gasteiger partial charge in [0.1, 0.15) is 0 Å². The zero-order valence-electron chi connectivity index (χ0n) is 14.7. The molecule has 0 saturated heterocycles. The van der Waals surface area contributed by atoms with E-state index in [0.717, 1.165) is 16.2 Å². The third-order valence-electron chi connectivity index (χ3n) is 3.68. The molecular weight excluding hydrogens is 462 g/mol. The number of thioether (sulfide) groups is 1. The first-order chi connectivity index (χ1) is 13.9. The molecule has 3 aromatic rings. The van der Waals surface area contributed by atoms with E-state index in [1.807, 2.05) is 28.8 Å². The number of imidazole rings is 1. The van der Waals surface area contributed by atoms with E-state index in [2.05, 4.69) is 31.8 Å². The number of hydrogen-bond acceptors (Lipinski definition) is 6. The monoisotopic (exact) mass is 475 g/mol. The molecule has 0 spiro atoms. The molecule has 0 radical (unpaired) electrons. The molecule has 0 aliphatic carbocycles. The van der Waals surface area contributed by atoms with Gasteiger partial charge in [-0.3, -0.25) is 35.1 Å². The van der Waals surface area contributed by atoms with Gasteiger partial charge in [-0.25, -0.2) is 4.98 Å². The summed E-state index contributed by atoms with van der Waals surface area (Å²) >= 11 is 4.59. The van der Waals surface area contributed by atoms with Gasteiger partial charge in [-0.2, -0.15) is 0 Å². The Bertz CT molecular complexity index is 1050. The summed E-state index contributed by atoms with van der Waals surface area (Å²) < 4.78 is 2.79. The second kappa shape index (κ2) is 9.34. The number of rotatable bonds is 6. The van der Waals surface area contributed by atoms with Crippen molar-refractivity contribution in [3.8, 4) is 5.69 Å². The van der Waals surface area contributed by atoms with Crippen LogP contribution in [0, 0.1) is 10.1 Å². The Balaban J connectivity index is 1.54. The molecule has 29 heavy (non-hydrogen) atoms. The summed E-state index contributed by atoms with van der Waals surface area (Å²) in [6.07, 6.45) is 3.42. The number of nitro benzene ring substituents is 1. The Morgan fingerprint density at radius 1 is 1.17 bits per heavy atom. The van der Waals surface area contributed by atoms with E-state index in [-0.39, 0.29) is 17.0 Å². The number of nitro groups is 1. The number of hydrogen-bond donors (Lipinski definition) is 2. The van der Waals surface area contributed by atoms with Crippen molar-refractivity contribution in [3.63, 3.8) is 0 Å². The Kier molecular flexibility index (Phi) is 6.62. The highest BCUT2D eigenvalue weighted by atomic mass is 79.9. The number of carbonyl (C=O) groups excluding carboxylic acids is 2. The SMILES string of the molecule is O=C(CSc1nccn1-c1ccc(Br)cc1)NNC(=O)c1cccc([N+](=O)[O-])c1. The van der Waals surface area contributed by atoms with Crippen LogP contribution in [0.25, 0.3) is 5.69 Å². The average Bonchev–Trinajstić information content (AvgIpc) is 3.19. The van der Waals surface area contributed by atoms with Gasteiger partial charge in [0.05, 0.1) is 10.7 Å². The Morgan fingerprint density at radius 2 is 1.93 bits per heavy atom. The lowest BCUT2D eigenvalue weighted by molar-refractivity contribution is -0.384. The van der Waals surface area contributed by atoms with Crippen molar-refractivity contribution in [2.45, 2.75) is 5.16 Å². The number of amides is 2. The highest BCUT2D eigenvalue weighted by Crippen LogP contribution is 2.21. The number of carbonyl (C=O) groups is 2. The summed E-state index contributed by atoms with van der Waals surface area (Å²) in [5.74, 6) is -1.08. The van der Waals surface area contributed by atoms with E-state index in [0.29, 0.717) is 5.16 Å². The number of non-ortho nitro benzene ring substituents is 1. The molecule has 0 unspecified atom stereocenters. The molecule has 0 aliphatic heterocycles. The van der Waals surface area contributed by atoms with Crippen LogP contribution >= 0.6 is 27.7 Å². The number of halogens is 1. The second-order valence-corrected chi connectivity index (χ2v) is 7.51. The van der Waals surface area contributed by atoms with Gasteiger partial charge in [0.2, 0.25) is 5.91 Å². The first kappa shape index (κ1) is 20.6. The van der Waals surface area contributed by atoms with Crippen LogP contribution in [-0.2, 0) is 4.79 Å². The Morgan fingerprint density at radius 3 is 2.66 bits per heavy atom. The van der Waals surface area contributed by atoms with Crippen molar-refractivity contribution >= 4 is 45.2 Å². The van der Waals surface area contributed by atoms with Gasteiger partial charge in [-0.05, 0) is 30.3 Å². The molecule has 0 aliphatic rings. The highest BCUT2D eigenvalue weighted by Gasteiger charge is 2.13. The molecule has 0 atom stereocenters. The lowest BCUT2D eigenvalue weighted by Crippen LogP contribution is -2.42. The van der Waals surface area contributed by atoms with Crippen LogP contribution in [0.5, 0.6) is 0 Å². The maximum atomic E-state index is 12.0. The van der Waals surface area contributed by atoms with Gasteiger partial charge in [0, 0.05) is 40.2 Å². The molecule has 0 saturated carbocycles. The van der Waals surface area contributed by atoms with Crippen molar-refractivity contribution in [1.82, 2.24) is 20.4 Å². The van der Waals surface area contributed by atoms with E-state index < -0.39 is 16.7 Å². The number of benzene rings is 2. The molecule has 0 bridgehead atoms. The maximum absolute atomic E-state index is 12.0. The van der Waals surface area contributed by atoms with Crippen molar-refractivity contribution < 1.29 is 14.5 Å². The Hall–Kier alpha value is -3.18. The fraction of sp³-hybridized carbons (Fsp3) is 0.0556. The summed E-state index contributed by atoms with van der Waals surface area (Å²) in [7, 11) is 0. The molecule has 9 nitrogen and oxygen atoms in total. The topological polar surface area (TPSA) is 119 Å². The van der Waals surface area contributed by atoms with Crippen LogP contribution in [0.2, 0.25) is 0 Å². The predicted molar refractivity (Wildman–Crippen MR) is 111 cm³/mol. The molecule has 1 aromatic heterocycles. The summed E-state index contributed by atoms with van der Waals surface area (Å²) in [5, 5.41) is 11.4. The molecule has 11 heteroatoms. The van der Waals surface area contributed by atoms with Gasteiger partial charge in [0.15, 0.2) is 5.16 Å². The van der Waals surface area contributed by atoms with E-state index in [1.165, 1.54) is 30.0 Å². The van der Waals surface area contributed by atoms with Crippen LogP contribution < -0.4 is 10.9 Å². The molecular formula is C18H14BrN5O4S. The van der Waals surface area contributed by atoms with E-state index in [4.69, 9.17) is 0 Å². The van der Waals surface area contributed by atoms with Crippen LogP contribution in [0.15, 0.2) is 70.6 Å². The quantitative estimate of drug-likeness (QED) is 0.321. The standard InChI is InChI=1S/C18H14BrN5O4S/c19-13-4-6-14(7-5-13)23-9-8-20-18(23)29-11-16(25)21-22-17(26)12-2-1-3-15(10-12)24(27)28/h1-10H,11H2,(H,21,25)(H,22,26). The summed E-state index contributed by atoms with van der Waals surface area (Å²) in [5.41, 5.74) is 5.28. The highest BCUT2D eigenvalue weighted by molar-refractivity contribution is 9.10. The normalized spacial score (nSPS) is 10.4. The lowest BCUT2D eigenvalue weighted by Gasteiger charge is -2.09. The minimum absolute atomic E-state index is 0.0166. The minimum atomic E-state index is -0.650. The van der Waals surface area contributed by atoms with Crippen molar-refractivity contribution in [2.24, 2.45) is 0 Å². The summed E-state index contributed by atoms with van der Waals surface area (Å²) in [4.78, 5) is 38.5. The van der Waals surface area contributed by atoms with E-state index >= 15 is 0 Å². The van der Waals surface area contributed by atoms with E-state index in [1.54, 1.807) is 12.4 Å². The molecule has 0 fully saturated rings. The minimum Gasteiger partial charge on any atom is -0.295 e. The zero-order chi connectivity index (χ0) is 20.8. The predicted octanol–water partition coefficient (Wildman–Crippen LogP) is 3.10. The van der Waals surface area contributed by atoms with Crippen LogP contribution in [0.4, 0.5) is 5.69 Å². The average molecular weight is 476 g/mol. The summed E-state index contributed by atoms with van der Waals surface area (Å²) in [6.45, 7) is 0. The largest absolute Gasteiger partial charge is 0.295 e. The lowest BCUT2D eigenvalue weighted by atomic mass is 10.2. The van der Waals surface area contributed by atoms with Gasteiger partial charge in [-0.1, -0.05) is 33.8 Å². The number of nitrogens with one attached hydrogen (secondary N) is 2. The van der Waals surface area contributed by atoms with Crippen LogP contribution in [0.3, 0.4) is 0 Å². The fourth-order valence-corrected chi connectivity index (χ4v) is 3.36. The third-order valence-corrected chi connectivity index (χ3v) is 5.17. The molecule has 2 N–H and O–H groups in total. The molecule has 2 amide bonds. The molecule has 1 heterocycles. The van der Waals surface area contributed by atoms with Crippen molar-refractivity contribution in [2.75, 3.05) is 5.75 Å². The molecule has 3 rings (SSSR count). The molecule has 2 aromatic carbocycles. The zero-order valence-corrected chi connectivity index (χ0v) is 17.1.